The molecule has 180 valence electrons. The highest BCUT2D eigenvalue weighted by Crippen LogP contribution is 2.30. The van der Waals surface area contributed by atoms with Gasteiger partial charge < -0.3 is 19.5 Å². The van der Waals surface area contributed by atoms with Gasteiger partial charge in [-0.25, -0.2) is 9.18 Å². The Kier molecular flexibility index (Phi) is 7.70. The molecule has 0 spiro atoms. The van der Waals surface area contributed by atoms with E-state index in [1.165, 1.54) is 30.5 Å². The van der Waals surface area contributed by atoms with E-state index in [1.807, 2.05) is 12.1 Å². The molecule has 0 radical (unpaired) electrons. The quantitative estimate of drug-likeness (QED) is 0.360. The number of aromatic nitrogens is 1. The monoisotopic (exact) mass is 486 g/mol. The van der Waals surface area contributed by atoms with Crippen molar-refractivity contribution in [1.82, 2.24) is 10.1 Å². The first kappa shape index (κ1) is 24.0. The number of anilines is 2. The number of rotatable bonds is 8. The average Bonchev–Trinajstić information content (AvgIpc) is 3.27. The van der Waals surface area contributed by atoms with Gasteiger partial charge in [0.1, 0.15) is 11.5 Å². The molecule has 0 amide bonds. The molecule has 0 bridgehead atoms. The molecule has 1 N–H and O–H groups in total. The van der Waals surface area contributed by atoms with Crippen LogP contribution in [0, 0.1) is 12.7 Å². The molecule has 1 fully saturated rings. The highest BCUT2D eigenvalue weighted by molar-refractivity contribution is 6.30. The lowest BCUT2D eigenvalue weighted by molar-refractivity contribution is 0.0602. The number of hydrogen-bond donors (Lipinski definition) is 1. The number of piperazine rings is 1. The number of nitrogens with zero attached hydrogens (tertiary/aromatic N) is 3. The second-order valence-electron chi connectivity index (χ2n) is 8.27. The largest absolute Gasteiger partial charge is 0.465 e. The SMILES string of the molecule is COC(=O)c1c(-c2ccc(F)cc2)noc1NCCCN1CCN(c2cc(Cl)ccc2C)CC1. The zero-order valence-electron chi connectivity index (χ0n) is 19.3. The molecule has 1 saturated heterocycles. The van der Waals surface area contributed by atoms with E-state index in [0.29, 0.717) is 17.8 Å². The second kappa shape index (κ2) is 10.9. The first-order valence-corrected chi connectivity index (χ1v) is 11.7. The molecular weight excluding hydrogens is 459 g/mol. The number of aryl methyl sites for hydroxylation is 1. The molecular formula is C25H28ClFN4O3. The Morgan fingerprint density at radius 2 is 1.91 bits per heavy atom. The Hall–Kier alpha value is -3.10. The summed E-state index contributed by atoms with van der Waals surface area (Å²) in [6, 6.07) is 11.7. The van der Waals surface area contributed by atoms with Crippen LogP contribution in [-0.4, -0.2) is 62.4 Å². The van der Waals surface area contributed by atoms with Gasteiger partial charge in [-0.3, -0.25) is 4.90 Å². The van der Waals surface area contributed by atoms with Crippen LogP contribution in [0.2, 0.25) is 5.02 Å². The topological polar surface area (TPSA) is 70.8 Å². The number of carbonyl (C=O) groups excluding carboxylic acids is 1. The third kappa shape index (κ3) is 5.51. The highest BCUT2D eigenvalue weighted by atomic mass is 35.5. The summed E-state index contributed by atoms with van der Waals surface area (Å²) in [4.78, 5) is 17.2. The lowest BCUT2D eigenvalue weighted by Gasteiger charge is -2.37. The highest BCUT2D eigenvalue weighted by Gasteiger charge is 2.25. The van der Waals surface area contributed by atoms with Crippen molar-refractivity contribution >= 4 is 29.1 Å². The number of esters is 1. The van der Waals surface area contributed by atoms with Crippen LogP contribution in [0.4, 0.5) is 16.0 Å². The van der Waals surface area contributed by atoms with Gasteiger partial charge in [0.2, 0.25) is 5.88 Å². The predicted molar refractivity (Wildman–Crippen MR) is 131 cm³/mol. The Morgan fingerprint density at radius 3 is 2.62 bits per heavy atom. The minimum Gasteiger partial charge on any atom is -0.465 e. The second-order valence-corrected chi connectivity index (χ2v) is 8.71. The fourth-order valence-electron chi connectivity index (χ4n) is 4.15. The van der Waals surface area contributed by atoms with Gasteiger partial charge in [-0.1, -0.05) is 22.8 Å². The summed E-state index contributed by atoms with van der Waals surface area (Å²) in [7, 11) is 1.30. The minimum absolute atomic E-state index is 0.208. The number of nitrogens with one attached hydrogen (secondary N) is 1. The van der Waals surface area contributed by atoms with Crippen molar-refractivity contribution in [3.05, 3.63) is 64.4 Å². The van der Waals surface area contributed by atoms with Gasteiger partial charge in [0.15, 0.2) is 5.56 Å². The standard InChI is InChI=1S/C25H28ClFN4O3/c1-17-4-7-19(26)16-21(17)31-14-12-30(13-15-31)11-3-10-28-24-22(25(32)33-2)23(29-34-24)18-5-8-20(27)9-6-18/h4-9,16,28H,3,10-15H2,1-2H3. The van der Waals surface area contributed by atoms with E-state index >= 15 is 0 Å². The third-order valence-corrected chi connectivity index (χ3v) is 6.26. The Balaban J connectivity index is 1.30. The van der Waals surface area contributed by atoms with E-state index in [9.17, 15) is 9.18 Å². The lowest BCUT2D eigenvalue weighted by atomic mass is 10.1. The molecule has 4 rings (SSSR count). The molecule has 2 aromatic carbocycles. The van der Waals surface area contributed by atoms with Crippen LogP contribution in [0.1, 0.15) is 22.3 Å². The predicted octanol–water partition coefficient (Wildman–Crippen LogP) is 4.85. The summed E-state index contributed by atoms with van der Waals surface area (Å²) < 4.78 is 23.6. The van der Waals surface area contributed by atoms with Crippen LogP contribution >= 0.6 is 11.6 Å². The maximum absolute atomic E-state index is 13.3. The van der Waals surface area contributed by atoms with Crippen molar-refractivity contribution in [2.75, 3.05) is 56.6 Å². The van der Waals surface area contributed by atoms with Crippen molar-refractivity contribution in [3.8, 4) is 11.3 Å². The molecule has 0 aliphatic carbocycles. The lowest BCUT2D eigenvalue weighted by Crippen LogP contribution is -2.47. The van der Waals surface area contributed by atoms with Crippen LogP contribution in [-0.2, 0) is 4.74 Å². The van der Waals surface area contributed by atoms with Crippen LogP contribution in [0.25, 0.3) is 11.3 Å². The number of ether oxygens (including phenoxy) is 1. The van der Waals surface area contributed by atoms with Crippen molar-refractivity contribution < 1.29 is 18.4 Å². The smallest absolute Gasteiger partial charge is 0.345 e. The van der Waals surface area contributed by atoms with Gasteiger partial charge in [0, 0.05) is 49.0 Å². The summed E-state index contributed by atoms with van der Waals surface area (Å²) in [5.74, 6) is -0.670. The molecule has 1 aliphatic heterocycles. The molecule has 2 heterocycles. The van der Waals surface area contributed by atoms with E-state index < -0.39 is 5.97 Å². The van der Waals surface area contributed by atoms with Crippen molar-refractivity contribution in [2.24, 2.45) is 0 Å². The zero-order chi connectivity index (χ0) is 24.1. The maximum Gasteiger partial charge on any atom is 0.345 e. The normalized spacial score (nSPS) is 14.3. The average molecular weight is 487 g/mol. The molecule has 1 aliphatic rings. The molecule has 1 aromatic heterocycles. The molecule has 0 unspecified atom stereocenters. The van der Waals surface area contributed by atoms with E-state index in [1.54, 1.807) is 12.1 Å². The van der Waals surface area contributed by atoms with E-state index in [2.05, 4.69) is 33.3 Å². The van der Waals surface area contributed by atoms with E-state index in [4.69, 9.17) is 20.9 Å². The van der Waals surface area contributed by atoms with Crippen molar-refractivity contribution in [2.45, 2.75) is 13.3 Å². The summed E-state index contributed by atoms with van der Waals surface area (Å²) in [6.45, 7) is 7.47. The van der Waals surface area contributed by atoms with Crippen LogP contribution in [0.5, 0.6) is 0 Å². The first-order valence-electron chi connectivity index (χ1n) is 11.3. The summed E-state index contributed by atoms with van der Waals surface area (Å²) >= 11 is 6.18. The summed E-state index contributed by atoms with van der Waals surface area (Å²) in [6.07, 6.45) is 0.864. The molecule has 9 heteroatoms. The fraction of sp³-hybridized carbons (Fsp3) is 0.360. The molecule has 3 aromatic rings. The van der Waals surface area contributed by atoms with Crippen LogP contribution < -0.4 is 10.2 Å². The molecule has 7 nitrogen and oxygen atoms in total. The number of benzene rings is 2. The van der Waals surface area contributed by atoms with Crippen LogP contribution in [0.15, 0.2) is 47.0 Å². The Labute approximate surface area is 203 Å². The molecule has 34 heavy (non-hydrogen) atoms. The number of carbonyl (C=O) groups is 1. The Morgan fingerprint density at radius 1 is 1.18 bits per heavy atom. The van der Waals surface area contributed by atoms with E-state index in [0.717, 1.165) is 44.2 Å². The van der Waals surface area contributed by atoms with Gasteiger partial charge in [-0.15, -0.1) is 0 Å². The van der Waals surface area contributed by atoms with Crippen molar-refractivity contribution in [1.29, 1.82) is 0 Å². The number of halogens is 2. The summed E-state index contributed by atoms with van der Waals surface area (Å²) in [5.41, 5.74) is 3.54. The van der Waals surface area contributed by atoms with E-state index in [-0.39, 0.29) is 17.3 Å². The minimum atomic E-state index is -0.560. The van der Waals surface area contributed by atoms with Crippen molar-refractivity contribution in [3.63, 3.8) is 0 Å². The fourth-order valence-corrected chi connectivity index (χ4v) is 4.31. The number of hydrogen-bond acceptors (Lipinski definition) is 7. The first-order chi connectivity index (χ1) is 16.5. The molecule has 0 atom stereocenters. The van der Waals surface area contributed by atoms with Gasteiger partial charge in [0.05, 0.1) is 7.11 Å². The number of methoxy groups -OCH3 is 1. The van der Waals surface area contributed by atoms with Gasteiger partial charge in [-0.2, -0.15) is 0 Å². The maximum atomic E-state index is 13.3. The van der Waals surface area contributed by atoms with Gasteiger partial charge in [0.25, 0.3) is 0 Å². The Bertz CT molecular complexity index is 1130. The van der Waals surface area contributed by atoms with Gasteiger partial charge in [-0.05, 0) is 61.9 Å². The van der Waals surface area contributed by atoms with Gasteiger partial charge >= 0.3 is 5.97 Å². The zero-order valence-corrected chi connectivity index (χ0v) is 20.1. The summed E-state index contributed by atoms with van der Waals surface area (Å²) in [5, 5.41) is 7.94. The third-order valence-electron chi connectivity index (χ3n) is 6.02. The molecule has 0 saturated carbocycles. The van der Waals surface area contributed by atoms with Crippen LogP contribution in [0.3, 0.4) is 0 Å².